The Morgan fingerprint density at radius 3 is 2.87 bits per heavy atom. The van der Waals surface area contributed by atoms with Crippen LogP contribution in [0.1, 0.15) is 6.92 Å². The van der Waals surface area contributed by atoms with Crippen molar-refractivity contribution in [2.75, 3.05) is 12.4 Å². The summed E-state index contributed by atoms with van der Waals surface area (Å²) in [5.74, 6) is -0.277. The Morgan fingerprint density at radius 2 is 2.27 bits per heavy atom. The molecule has 1 rings (SSSR count). The molecule has 3 nitrogen and oxygen atoms in total. The number of benzene rings is 1. The standard InChI is InChI=1S/C10H11BrINO2/c1-6(10(14)15-2)13-9-5-7(12)3-4-8(9)11/h3-6,13H,1-2H3. The highest BCUT2D eigenvalue weighted by molar-refractivity contribution is 14.1. The van der Waals surface area contributed by atoms with E-state index in [1.807, 2.05) is 18.2 Å². The van der Waals surface area contributed by atoms with Gasteiger partial charge in [0.1, 0.15) is 6.04 Å². The van der Waals surface area contributed by atoms with E-state index in [0.717, 1.165) is 13.7 Å². The third kappa shape index (κ3) is 3.64. The molecule has 82 valence electrons. The SMILES string of the molecule is COC(=O)C(C)Nc1cc(I)ccc1Br. The van der Waals surface area contributed by atoms with E-state index in [1.54, 1.807) is 6.92 Å². The molecule has 1 aromatic rings. The third-order valence-electron chi connectivity index (χ3n) is 1.86. The molecule has 0 bridgehead atoms. The molecule has 0 radical (unpaired) electrons. The summed E-state index contributed by atoms with van der Waals surface area (Å²) < 4.78 is 6.67. The van der Waals surface area contributed by atoms with Gasteiger partial charge in [0.15, 0.2) is 0 Å². The first-order chi connectivity index (χ1) is 7.04. The number of anilines is 1. The van der Waals surface area contributed by atoms with Crippen LogP contribution in [-0.2, 0) is 9.53 Å². The van der Waals surface area contributed by atoms with Crippen LogP contribution < -0.4 is 5.32 Å². The first kappa shape index (κ1) is 12.8. The lowest BCUT2D eigenvalue weighted by Gasteiger charge is -2.14. The number of ether oxygens (including phenoxy) is 1. The Hall–Kier alpha value is -0.300. The third-order valence-corrected chi connectivity index (χ3v) is 3.22. The number of nitrogens with one attached hydrogen (secondary N) is 1. The fraction of sp³-hybridized carbons (Fsp3) is 0.300. The van der Waals surface area contributed by atoms with E-state index >= 15 is 0 Å². The minimum absolute atomic E-state index is 0.277. The van der Waals surface area contributed by atoms with Crippen molar-refractivity contribution in [1.29, 1.82) is 0 Å². The summed E-state index contributed by atoms with van der Waals surface area (Å²) in [6.45, 7) is 1.76. The van der Waals surface area contributed by atoms with Crippen molar-refractivity contribution < 1.29 is 9.53 Å². The van der Waals surface area contributed by atoms with E-state index in [1.165, 1.54) is 7.11 Å². The molecule has 0 aliphatic carbocycles. The van der Waals surface area contributed by atoms with Crippen molar-refractivity contribution in [1.82, 2.24) is 0 Å². The molecule has 1 N–H and O–H groups in total. The molecule has 0 aliphatic rings. The number of rotatable bonds is 3. The molecule has 0 fully saturated rings. The molecule has 0 amide bonds. The summed E-state index contributed by atoms with van der Waals surface area (Å²) in [6, 6.07) is 5.53. The van der Waals surface area contributed by atoms with Crippen molar-refractivity contribution in [3.63, 3.8) is 0 Å². The van der Waals surface area contributed by atoms with Crippen molar-refractivity contribution in [2.45, 2.75) is 13.0 Å². The lowest BCUT2D eigenvalue weighted by atomic mass is 10.2. The van der Waals surface area contributed by atoms with Gasteiger partial charge in [0, 0.05) is 8.04 Å². The zero-order valence-electron chi connectivity index (χ0n) is 8.38. The summed E-state index contributed by atoms with van der Waals surface area (Å²) in [5.41, 5.74) is 0.889. The van der Waals surface area contributed by atoms with Crippen molar-refractivity contribution >= 4 is 50.2 Å². The van der Waals surface area contributed by atoms with Crippen LogP contribution in [0.4, 0.5) is 5.69 Å². The quantitative estimate of drug-likeness (QED) is 0.644. The van der Waals surface area contributed by atoms with Gasteiger partial charge in [0.2, 0.25) is 0 Å². The molecule has 0 saturated heterocycles. The van der Waals surface area contributed by atoms with Crippen LogP contribution in [0.15, 0.2) is 22.7 Å². The average molecular weight is 384 g/mol. The highest BCUT2D eigenvalue weighted by Gasteiger charge is 2.13. The molecule has 0 saturated carbocycles. The Kier molecular flexibility index (Phi) is 4.85. The highest BCUT2D eigenvalue weighted by Crippen LogP contribution is 2.25. The Morgan fingerprint density at radius 1 is 1.60 bits per heavy atom. The molecule has 0 spiro atoms. The van der Waals surface area contributed by atoms with Crippen LogP contribution in [0.25, 0.3) is 0 Å². The van der Waals surface area contributed by atoms with Crippen LogP contribution in [0.3, 0.4) is 0 Å². The van der Waals surface area contributed by atoms with Gasteiger partial charge in [0.05, 0.1) is 12.8 Å². The predicted molar refractivity (Wildman–Crippen MR) is 72.0 cm³/mol. The van der Waals surface area contributed by atoms with Crippen molar-refractivity contribution in [2.24, 2.45) is 0 Å². The Labute approximate surface area is 111 Å². The first-order valence-corrected chi connectivity index (χ1v) is 6.21. The molecule has 0 heterocycles. The fourth-order valence-corrected chi connectivity index (χ4v) is 1.93. The second kappa shape index (κ2) is 5.69. The summed E-state index contributed by atoms with van der Waals surface area (Å²) >= 11 is 5.63. The number of methoxy groups -OCH3 is 1. The lowest BCUT2D eigenvalue weighted by molar-refractivity contribution is -0.141. The van der Waals surface area contributed by atoms with Gasteiger partial charge in [-0.15, -0.1) is 0 Å². The summed E-state index contributed by atoms with van der Waals surface area (Å²) in [7, 11) is 1.38. The van der Waals surface area contributed by atoms with Gasteiger partial charge in [-0.2, -0.15) is 0 Å². The summed E-state index contributed by atoms with van der Waals surface area (Å²) in [6.07, 6.45) is 0. The molecule has 15 heavy (non-hydrogen) atoms. The van der Waals surface area contributed by atoms with Crippen LogP contribution >= 0.6 is 38.5 Å². The Bertz CT molecular complexity index is 370. The smallest absolute Gasteiger partial charge is 0.327 e. The predicted octanol–water partition coefficient (Wildman–Crippen LogP) is 3.03. The number of carbonyl (C=O) groups excluding carboxylic acids is 1. The van der Waals surface area contributed by atoms with Gasteiger partial charge >= 0.3 is 5.97 Å². The van der Waals surface area contributed by atoms with Crippen LogP contribution in [0, 0.1) is 3.57 Å². The summed E-state index contributed by atoms with van der Waals surface area (Å²) in [4.78, 5) is 11.2. The fourth-order valence-electron chi connectivity index (χ4n) is 1.08. The number of hydrogen-bond donors (Lipinski definition) is 1. The monoisotopic (exact) mass is 383 g/mol. The maximum atomic E-state index is 11.2. The second-order valence-corrected chi connectivity index (χ2v) is 5.11. The van der Waals surface area contributed by atoms with E-state index in [4.69, 9.17) is 0 Å². The molecular formula is C10H11BrINO2. The molecule has 5 heteroatoms. The highest BCUT2D eigenvalue weighted by atomic mass is 127. The summed E-state index contributed by atoms with van der Waals surface area (Å²) in [5, 5.41) is 3.08. The molecular weight excluding hydrogens is 373 g/mol. The van der Waals surface area contributed by atoms with E-state index in [9.17, 15) is 4.79 Å². The average Bonchev–Trinajstić information content (AvgIpc) is 2.22. The minimum atomic E-state index is -0.357. The number of carbonyl (C=O) groups is 1. The van der Waals surface area contributed by atoms with Gasteiger partial charge in [-0.25, -0.2) is 4.79 Å². The number of halogens is 2. The van der Waals surface area contributed by atoms with Crippen LogP contribution in [-0.4, -0.2) is 19.1 Å². The van der Waals surface area contributed by atoms with Gasteiger partial charge in [-0.05, 0) is 63.6 Å². The number of hydrogen-bond acceptors (Lipinski definition) is 3. The van der Waals surface area contributed by atoms with Crippen LogP contribution in [0.5, 0.6) is 0 Å². The molecule has 1 aromatic carbocycles. The van der Waals surface area contributed by atoms with E-state index in [-0.39, 0.29) is 12.0 Å². The molecule has 1 atom stereocenters. The minimum Gasteiger partial charge on any atom is -0.467 e. The molecule has 0 aliphatic heterocycles. The number of esters is 1. The van der Waals surface area contributed by atoms with Gasteiger partial charge in [0.25, 0.3) is 0 Å². The maximum absolute atomic E-state index is 11.2. The van der Waals surface area contributed by atoms with Gasteiger partial charge in [-0.3, -0.25) is 0 Å². The lowest BCUT2D eigenvalue weighted by Crippen LogP contribution is -2.27. The largest absolute Gasteiger partial charge is 0.467 e. The topological polar surface area (TPSA) is 38.3 Å². The second-order valence-electron chi connectivity index (χ2n) is 3.01. The van der Waals surface area contributed by atoms with Crippen molar-refractivity contribution in [3.8, 4) is 0 Å². The zero-order chi connectivity index (χ0) is 11.4. The van der Waals surface area contributed by atoms with Crippen molar-refractivity contribution in [3.05, 3.63) is 26.2 Å². The molecule has 1 unspecified atom stereocenters. The van der Waals surface area contributed by atoms with Crippen LogP contribution in [0.2, 0.25) is 0 Å². The zero-order valence-corrected chi connectivity index (χ0v) is 12.1. The van der Waals surface area contributed by atoms with Gasteiger partial charge < -0.3 is 10.1 Å². The normalized spacial score (nSPS) is 12.0. The van der Waals surface area contributed by atoms with E-state index in [0.29, 0.717) is 0 Å². The maximum Gasteiger partial charge on any atom is 0.327 e. The van der Waals surface area contributed by atoms with E-state index in [2.05, 4.69) is 48.6 Å². The Balaban J connectivity index is 2.80. The molecule has 0 aromatic heterocycles. The van der Waals surface area contributed by atoms with E-state index < -0.39 is 0 Å². The van der Waals surface area contributed by atoms with Gasteiger partial charge in [-0.1, -0.05) is 0 Å². The first-order valence-electron chi connectivity index (χ1n) is 4.34.